The first-order valence-electron chi connectivity index (χ1n) is 8.62. The topological polar surface area (TPSA) is 12.5 Å². The Morgan fingerprint density at radius 3 is 2.08 bits per heavy atom. The van der Waals surface area contributed by atoms with Gasteiger partial charge >= 0.3 is 0 Å². The highest BCUT2D eigenvalue weighted by Crippen LogP contribution is 2.57. The Bertz CT molecular complexity index is 863. The molecule has 0 unspecified atom stereocenters. The summed E-state index contributed by atoms with van der Waals surface area (Å²) >= 11 is 2.02. The fourth-order valence-corrected chi connectivity index (χ4v) is 5.43. The Balaban J connectivity index is 1.55. The Morgan fingerprint density at radius 2 is 1.40 bits per heavy atom. The molecular weight excluding hydrogens is 326 g/mol. The summed E-state index contributed by atoms with van der Waals surface area (Å²) in [6.45, 7) is 1.99. The molecule has 2 heterocycles. The standard InChI is InChI=1S/C22H19NOS/c1-2-8-17(9-3-1)14-23-15-22(25-16-23)18-10-4-6-12-20(18)24-21-13-7-5-11-19(21)22/h1-13H,14-16H2. The molecule has 5 rings (SSSR count). The Labute approximate surface area is 152 Å². The van der Waals surface area contributed by atoms with E-state index in [1.807, 2.05) is 11.8 Å². The molecule has 0 atom stereocenters. The van der Waals surface area contributed by atoms with Gasteiger partial charge < -0.3 is 4.74 Å². The van der Waals surface area contributed by atoms with Crippen LogP contribution in [0.4, 0.5) is 0 Å². The third-order valence-electron chi connectivity index (χ3n) is 5.05. The highest BCUT2D eigenvalue weighted by molar-refractivity contribution is 8.00. The van der Waals surface area contributed by atoms with Crippen LogP contribution in [0.5, 0.6) is 11.5 Å². The molecule has 1 fully saturated rings. The maximum atomic E-state index is 6.19. The molecule has 0 N–H and O–H groups in total. The van der Waals surface area contributed by atoms with E-state index in [4.69, 9.17) is 4.74 Å². The lowest BCUT2D eigenvalue weighted by Crippen LogP contribution is -2.33. The molecule has 2 aliphatic rings. The quantitative estimate of drug-likeness (QED) is 0.630. The Kier molecular flexibility index (Phi) is 3.58. The lowest BCUT2D eigenvalue weighted by Gasteiger charge is -2.36. The van der Waals surface area contributed by atoms with E-state index in [2.05, 4.69) is 83.8 Å². The van der Waals surface area contributed by atoms with E-state index in [1.54, 1.807) is 0 Å². The largest absolute Gasteiger partial charge is 0.457 e. The Hall–Kier alpha value is -2.23. The summed E-state index contributed by atoms with van der Waals surface area (Å²) in [7, 11) is 0. The van der Waals surface area contributed by atoms with E-state index in [1.165, 1.54) is 16.7 Å². The van der Waals surface area contributed by atoms with Gasteiger partial charge in [0.1, 0.15) is 11.5 Å². The van der Waals surface area contributed by atoms with Crippen molar-refractivity contribution in [1.82, 2.24) is 4.90 Å². The van der Waals surface area contributed by atoms with Gasteiger partial charge in [-0.25, -0.2) is 0 Å². The van der Waals surface area contributed by atoms with E-state index in [0.29, 0.717) is 0 Å². The number of thioether (sulfide) groups is 1. The first kappa shape index (κ1) is 15.1. The molecule has 0 amide bonds. The van der Waals surface area contributed by atoms with Crippen molar-refractivity contribution in [2.45, 2.75) is 11.3 Å². The second kappa shape index (κ2) is 5.94. The third kappa shape index (κ3) is 2.46. The summed E-state index contributed by atoms with van der Waals surface area (Å²) in [6.07, 6.45) is 0. The van der Waals surface area contributed by atoms with Gasteiger partial charge in [0.05, 0.1) is 4.75 Å². The van der Waals surface area contributed by atoms with E-state index in [0.717, 1.165) is 30.5 Å². The molecule has 0 bridgehead atoms. The second-order valence-electron chi connectivity index (χ2n) is 6.67. The fourth-order valence-electron chi connectivity index (χ4n) is 3.92. The van der Waals surface area contributed by atoms with Crippen molar-refractivity contribution in [2.75, 3.05) is 12.4 Å². The number of nitrogens with zero attached hydrogens (tertiary/aromatic N) is 1. The molecular formula is C22H19NOS. The third-order valence-corrected chi connectivity index (χ3v) is 6.61. The summed E-state index contributed by atoms with van der Waals surface area (Å²) in [6, 6.07) is 27.7. The summed E-state index contributed by atoms with van der Waals surface area (Å²) in [5.74, 6) is 3.02. The predicted molar refractivity (Wildman–Crippen MR) is 103 cm³/mol. The second-order valence-corrected chi connectivity index (χ2v) is 7.91. The number of hydrogen-bond acceptors (Lipinski definition) is 3. The molecule has 1 spiro atoms. The molecule has 2 nitrogen and oxygen atoms in total. The van der Waals surface area contributed by atoms with E-state index < -0.39 is 0 Å². The highest BCUT2D eigenvalue weighted by Gasteiger charge is 2.47. The van der Waals surface area contributed by atoms with Crippen LogP contribution in [0, 0.1) is 0 Å². The average molecular weight is 345 g/mol. The molecule has 2 aliphatic heterocycles. The molecule has 0 saturated carbocycles. The molecule has 3 aromatic carbocycles. The number of hydrogen-bond donors (Lipinski definition) is 0. The van der Waals surface area contributed by atoms with Crippen molar-refractivity contribution in [3.05, 3.63) is 95.6 Å². The first-order chi connectivity index (χ1) is 12.4. The SMILES string of the molecule is c1ccc(CN2CSC3(C2)c2ccccc2Oc2ccccc23)cc1. The maximum Gasteiger partial charge on any atom is 0.132 e. The molecule has 25 heavy (non-hydrogen) atoms. The van der Waals surface area contributed by atoms with Crippen molar-refractivity contribution >= 4 is 11.8 Å². The molecule has 3 aromatic rings. The lowest BCUT2D eigenvalue weighted by molar-refractivity contribution is 0.306. The molecule has 124 valence electrons. The van der Waals surface area contributed by atoms with Crippen molar-refractivity contribution in [3.8, 4) is 11.5 Å². The van der Waals surface area contributed by atoms with Crippen LogP contribution in [0.2, 0.25) is 0 Å². The summed E-state index contributed by atoms with van der Waals surface area (Å²) in [5.41, 5.74) is 3.97. The fraction of sp³-hybridized carbons (Fsp3) is 0.182. The zero-order valence-corrected chi connectivity index (χ0v) is 14.7. The van der Waals surface area contributed by atoms with Crippen LogP contribution >= 0.6 is 11.8 Å². The maximum absolute atomic E-state index is 6.19. The predicted octanol–water partition coefficient (Wildman–Crippen LogP) is 5.24. The van der Waals surface area contributed by atoms with Crippen molar-refractivity contribution in [3.63, 3.8) is 0 Å². The summed E-state index contributed by atoms with van der Waals surface area (Å²) in [5, 5.41) is 0. The van der Waals surface area contributed by atoms with Crippen molar-refractivity contribution < 1.29 is 4.74 Å². The van der Waals surface area contributed by atoms with Crippen LogP contribution in [0.25, 0.3) is 0 Å². The van der Waals surface area contributed by atoms with Gasteiger partial charge in [-0.05, 0) is 17.7 Å². The zero-order valence-electron chi connectivity index (χ0n) is 13.9. The van der Waals surface area contributed by atoms with Gasteiger partial charge in [-0.15, -0.1) is 11.8 Å². The molecule has 3 heteroatoms. The van der Waals surface area contributed by atoms with Crippen LogP contribution in [0.1, 0.15) is 16.7 Å². The molecule has 0 radical (unpaired) electrons. The van der Waals surface area contributed by atoms with E-state index in [-0.39, 0.29) is 4.75 Å². The van der Waals surface area contributed by atoms with Gasteiger partial charge in [0, 0.05) is 30.1 Å². The van der Waals surface area contributed by atoms with Gasteiger partial charge in [-0.3, -0.25) is 4.90 Å². The molecule has 0 aromatic heterocycles. The van der Waals surface area contributed by atoms with Crippen LogP contribution in [-0.4, -0.2) is 17.3 Å². The molecule has 1 saturated heterocycles. The van der Waals surface area contributed by atoms with Crippen LogP contribution < -0.4 is 4.74 Å². The van der Waals surface area contributed by atoms with Gasteiger partial charge in [0.25, 0.3) is 0 Å². The van der Waals surface area contributed by atoms with Gasteiger partial charge in [0.2, 0.25) is 0 Å². The number of benzene rings is 3. The van der Waals surface area contributed by atoms with Crippen LogP contribution in [0.3, 0.4) is 0 Å². The average Bonchev–Trinajstić information content (AvgIpc) is 3.07. The van der Waals surface area contributed by atoms with E-state index in [9.17, 15) is 0 Å². The number of para-hydroxylation sites is 2. The number of ether oxygens (including phenoxy) is 1. The van der Waals surface area contributed by atoms with Gasteiger partial charge in [-0.1, -0.05) is 66.7 Å². The van der Waals surface area contributed by atoms with E-state index >= 15 is 0 Å². The molecule has 0 aliphatic carbocycles. The van der Waals surface area contributed by atoms with Gasteiger partial charge in [0.15, 0.2) is 0 Å². The van der Waals surface area contributed by atoms with Gasteiger partial charge in [-0.2, -0.15) is 0 Å². The monoisotopic (exact) mass is 345 g/mol. The minimum atomic E-state index is -0.0415. The van der Waals surface area contributed by atoms with Crippen LogP contribution in [0.15, 0.2) is 78.9 Å². The summed E-state index contributed by atoms with van der Waals surface area (Å²) in [4.78, 5) is 2.54. The van der Waals surface area contributed by atoms with Crippen molar-refractivity contribution in [1.29, 1.82) is 0 Å². The highest BCUT2D eigenvalue weighted by atomic mass is 32.2. The number of rotatable bonds is 2. The minimum Gasteiger partial charge on any atom is -0.457 e. The smallest absolute Gasteiger partial charge is 0.132 e. The first-order valence-corrected chi connectivity index (χ1v) is 9.61. The zero-order chi connectivity index (χ0) is 16.7. The summed E-state index contributed by atoms with van der Waals surface area (Å²) < 4.78 is 6.14. The van der Waals surface area contributed by atoms with Crippen LogP contribution in [-0.2, 0) is 11.3 Å². The Morgan fingerprint density at radius 1 is 0.800 bits per heavy atom. The normalized spacial score (nSPS) is 17.8. The minimum absolute atomic E-state index is 0.0415. The lowest BCUT2D eigenvalue weighted by atomic mass is 9.86. The number of fused-ring (bicyclic) bond motifs is 4. The van der Waals surface area contributed by atoms with Crippen molar-refractivity contribution in [2.24, 2.45) is 0 Å².